The number of piperazine rings is 1. The maximum atomic E-state index is 13.1. The second-order valence-corrected chi connectivity index (χ2v) is 8.35. The fourth-order valence-electron chi connectivity index (χ4n) is 3.87. The van der Waals surface area contributed by atoms with E-state index in [4.69, 9.17) is 0 Å². The molecule has 3 heterocycles. The molecule has 8 nitrogen and oxygen atoms in total. The molecule has 2 atom stereocenters. The van der Waals surface area contributed by atoms with Crippen molar-refractivity contribution in [2.24, 2.45) is 11.8 Å². The highest BCUT2D eigenvalue weighted by Crippen LogP contribution is 2.36. The smallest absolute Gasteiger partial charge is 0.353 e. The molecule has 0 saturated carbocycles. The van der Waals surface area contributed by atoms with Crippen LogP contribution < -0.4 is 20.0 Å². The fraction of sp³-hybridized carbons (Fsp3) is 0.455. The van der Waals surface area contributed by atoms with E-state index in [0.717, 1.165) is 18.9 Å². The summed E-state index contributed by atoms with van der Waals surface area (Å²) in [5.74, 6) is 0.0436. The Bertz CT molecular complexity index is 1010. The summed E-state index contributed by atoms with van der Waals surface area (Å²) in [4.78, 5) is 24.0. The molecule has 0 amide bonds. The number of pyridine rings is 1. The minimum atomic E-state index is -4.27. The van der Waals surface area contributed by atoms with Crippen LogP contribution >= 0.6 is 0 Å². The maximum Gasteiger partial charge on any atom is 0.395 e. The lowest BCUT2D eigenvalue weighted by atomic mass is 9.88. The zero-order chi connectivity index (χ0) is 23.6. The van der Waals surface area contributed by atoms with E-state index in [2.05, 4.69) is 35.1 Å². The molecule has 1 fully saturated rings. The largest absolute Gasteiger partial charge is 0.395 e. The number of allylic oxidation sites excluding steroid dienone is 3. The van der Waals surface area contributed by atoms with Gasteiger partial charge in [0, 0.05) is 52.2 Å². The van der Waals surface area contributed by atoms with Gasteiger partial charge < -0.3 is 20.0 Å². The molecule has 2 aliphatic rings. The molecular formula is C22H27F3N8. The number of alkyl halides is 3. The highest BCUT2D eigenvalue weighted by molar-refractivity contribution is 5.50. The van der Waals surface area contributed by atoms with Crippen LogP contribution in [0.3, 0.4) is 0 Å². The third kappa shape index (κ3) is 5.35. The summed E-state index contributed by atoms with van der Waals surface area (Å²) in [5, 5.41) is 3.06. The van der Waals surface area contributed by atoms with E-state index in [9.17, 15) is 13.2 Å². The Balaban J connectivity index is 1.50. The summed E-state index contributed by atoms with van der Waals surface area (Å²) < 4.78 is 39.4. The predicted octanol–water partition coefficient (Wildman–Crippen LogP) is 3.34. The molecule has 0 bridgehead atoms. The Morgan fingerprint density at radius 3 is 2.36 bits per heavy atom. The van der Waals surface area contributed by atoms with E-state index in [-0.39, 0.29) is 0 Å². The predicted molar refractivity (Wildman–Crippen MR) is 122 cm³/mol. The number of halogens is 3. The van der Waals surface area contributed by atoms with Gasteiger partial charge in [0.15, 0.2) is 0 Å². The molecule has 0 radical (unpaired) electrons. The van der Waals surface area contributed by atoms with Crippen LogP contribution in [0.1, 0.15) is 6.92 Å². The van der Waals surface area contributed by atoms with Crippen molar-refractivity contribution >= 4 is 23.7 Å². The lowest BCUT2D eigenvalue weighted by Gasteiger charge is -2.35. The molecule has 0 spiro atoms. The Morgan fingerprint density at radius 2 is 1.76 bits per heavy atom. The molecule has 1 saturated heterocycles. The van der Waals surface area contributed by atoms with E-state index in [1.54, 1.807) is 24.1 Å². The van der Waals surface area contributed by atoms with Gasteiger partial charge in [-0.2, -0.15) is 28.1 Å². The third-order valence-electron chi connectivity index (χ3n) is 5.67. The second-order valence-electron chi connectivity index (χ2n) is 8.35. The average molecular weight is 461 g/mol. The molecule has 2 unspecified atom stereocenters. The van der Waals surface area contributed by atoms with Crippen LogP contribution in [0, 0.1) is 11.8 Å². The number of nitrogens with one attached hydrogen (secondary N) is 1. The first-order valence-electron chi connectivity index (χ1n) is 10.8. The molecule has 0 aromatic carbocycles. The van der Waals surface area contributed by atoms with Crippen LogP contribution in [0.15, 0.2) is 48.3 Å². The number of hydrogen-bond acceptors (Lipinski definition) is 8. The fourth-order valence-corrected chi connectivity index (χ4v) is 3.87. The monoisotopic (exact) mass is 460 g/mol. The first-order valence-corrected chi connectivity index (χ1v) is 10.8. The Hall–Kier alpha value is -3.37. The zero-order valence-corrected chi connectivity index (χ0v) is 18.8. The van der Waals surface area contributed by atoms with Gasteiger partial charge in [-0.1, -0.05) is 25.1 Å². The Labute approximate surface area is 190 Å². The van der Waals surface area contributed by atoms with Gasteiger partial charge in [-0.3, -0.25) is 0 Å². The molecule has 11 heteroatoms. The van der Waals surface area contributed by atoms with Crippen LogP contribution in [0.2, 0.25) is 0 Å². The van der Waals surface area contributed by atoms with Crippen molar-refractivity contribution in [3.05, 3.63) is 48.3 Å². The molecular weight excluding hydrogens is 433 g/mol. The van der Waals surface area contributed by atoms with E-state index in [1.165, 1.54) is 12.2 Å². The van der Waals surface area contributed by atoms with Crippen LogP contribution in [-0.2, 0) is 0 Å². The van der Waals surface area contributed by atoms with Crippen molar-refractivity contribution < 1.29 is 13.2 Å². The lowest BCUT2D eigenvalue weighted by molar-refractivity contribution is -0.169. The number of rotatable bonds is 5. The average Bonchev–Trinajstić information content (AvgIpc) is 2.79. The maximum absolute atomic E-state index is 13.1. The van der Waals surface area contributed by atoms with Gasteiger partial charge in [-0.05, 0) is 24.1 Å². The first-order chi connectivity index (χ1) is 15.7. The van der Waals surface area contributed by atoms with Crippen molar-refractivity contribution in [1.82, 2.24) is 19.9 Å². The second kappa shape index (κ2) is 9.24. The summed E-state index contributed by atoms with van der Waals surface area (Å²) >= 11 is 0. The Morgan fingerprint density at radius 1 is 1.03 bits per heavy atom. The van der Waals surface area contributed by atoms with Gasteiger partial charge in [0.1, 0.15) is 5.82 Å². The van der Waals surface area contributed by atoms with Crippen molar-refractivity contribution in [1.29, 1.82) is 0 Å². The summed E-state index contributed by atoms with van der Waals surface area (Å²) in [6.45, 7) is 4.51. The van der Waals surface area contributed by atoms with Gasteiger partial charge in [0.05, 0.1) is 5.92 Å². The van der Waals surface area contributed by atoms with Crippen LogP contribution in [0.5, 0.6) is 0 Å². The molecule has 1 N–H and O–H groups in total. The van der Waals surface area contributed by atoms with Crippen LogP contribution in [0.25, 0.3) is 0 Å². The van der Waals surface area contributed by atoms with Gasteiger partial charge in [-0.15, -0.1) is 0 Å². The van der Waals surface area contributed by atoms with Gasteiger partial charge in [-0.25, -0.2) is 4.98 Å². The number of hydrogen-bond donors (Lipinski definition) is 1. The van der Waals surface area contributed by atoms with E-state index < -0.39 is 18.0 Å². The van der Waals surface area contributed by atoms with E-state index >= 15 is 0 Å². The van der Waals surface area contributed by atoms with Crippen LogP contribution in [-0.4, -0.2) is 66.4 Å². The van der Waals surface area contributed by atoms with E-state index in [0.29, 0.717) is 36.6 Å². The molecule has 2 aromatic heterocycles. The quantitative estimate of drug-likeness (QED) is 0.729. The molecule has 2 aromatic rings. The first kappa shape index (κ1) is 22.8. The molecule has 4 rings (SSSR count). The highest BCUT2D eigenvalue weighted by atomic mass is 19.4. The van der Waals surface area contributed by atoms with Crippen molar-refractivity contribution in [3.8, 4) is 0 Å². The number of aromatic nitrogens is 4. The third-order valence-corrected chi connectivity index (χ3v) is 5.67. The minimum Gasteiger partial charge on any atom is -0.353 e. The van der Waals surface area contributed by atoms with Gasteiger partial charge >= 0.3 is 6.18 Å². The van der Waals surface area contributed by atoms with Gasteiger partial charge in [0.25, 0.3) is 0 Å². The molecule has 33 heavy (non-hydrogen) atoms. The number of nitrogens with zero attached hydrogens (tertiary/aromatic N) is 7. The summed E-state index contributed by atoms with van der Waals surface area (Å²) in [7, 11) is 3.66. The SMILES string of the molecule is CC1C=C(Nc2nc(N(C)C)nc(N3CCN(c4ccccn4)CC3)n2)C=CC1C(F)(F)F. The minimum absolute atomic E-state index is 0.296. The van der Waals surface area contributed by atoms with Crippen molar-refractivity contribution in [3.63, 3.8) is 0 Å². The van der Waals surface area contributed by atoms with Crippen molar-refractivity contribution in [2.45, 2.75) is 13.1 Å². The van der Waals surface area contributed by atoms with Crippen molar-refractivity contribution in [2.75, 3.05) is 60.3 Å². The molecule has 1 aliphatic heterocycles. The summed E-state index contributed by atoms with van der Waals surface area (Å²) in [5.41, 5.74) is 0.532. The normalized spacial score (nSPS) is 21.1. The standard InChI is InChI=1S/C22H27F3N8/c1-15-14-16(7-8-17(15)22(23,24)25)27-19-28-20(31(2)3)30-21(29-19)33-12-10-32(11-13-33)18-6-4-5-9-26-18/h4-9,14-15,17H,10-13H2,1-3H3,(H,27,28,29,30). The zero-order valence-electron chi connectivity index (χ0n) is 18.8. The topological polar surface area (TPSA) is 73.3 Å². The lowest BCUT2D eigenvalue weighted by Crippen LogP contribution is -2.47. The molecule has 176 valence electrons. The molecule has 1 aliphatic carbocycles. The summed E-state index contributed by atoms with van der Waals surface area (Å²) in [6.07, 6.45) is 1.68. The Kier molecular flexibility index (Phi) is 6.39. The van der Waals surface area contributed by atoms with Crippen LogP contribution in [0.4, 0.5) is 36.8 Å². The number of anilines is 4. The summed E-state index contributed by atoms with van der Waals surface area (Å²) in [6, 6.07) is 5.84. The van der Waals surface area contributed by atoms with Gasteiger partial charge in [0.2, 0.25) is 17.8 Å². The highest BCUT2D eigenvalue weighted by Gasteiger charge is 2.41. The van der Waals surface area contributed by atoms with E-state index in [1.807, 2.05) is 32.3 Å².